The second kappa shape index (κ2) is 7.59. The number of ether oxygens (including phenoxy) is 2. The standard InChI is InChI=1S/C9H16O2/c1-4-9(5-2)11-8-7-10-6-3/h1,9H,5-8H2,2-3H3/t9-/m1/s1. The van der Waals surface area contributed by atoms with Gasteiger partial charge in [-0.15, -0.1) is 6.42 Å². The summed E-state index contributed by atoms with van der Waals surface area (Å²) in [6, 6.07) is 0. The van der Waals surface area contributed by atoms with Crippen LogP contribution in [0.1, 0.15) is 20.3 Å². The van der Waals surface area contributed by atoms with E-state index in [4.69, 9.17) is 15.9 Å². The fraction of sp³-hybridized carbons (Fsp3) is 0.778. The van der Waals surface area contributed by atoms with Crippen LogP contribution in [0, 0.1) is 12.3 Å². The van der Waals surface area contributed by atoms with E-state index in [0.29, 0.717) is 13.2 Å². The average molecular weight is 156 g/mol. The molecule has 1 atom stereocenters. The van der Waals surface area contributed by atoms with Gasteiger partial charge < -0.3 is 9.47 Å². The van der Waals surface area contributed by atoms with Gasteiger partial charge in [0, 0.05) is 6.61 Å². The molecule has 0 aliphatic heterocycles. The highest BCUT2D eigenvalue weighted by Crippen LogP contribution is 1.94. The zero-order chi connectivity index (χ0) is 8.53. The van der Waals surface area contributed by atoms with Crippen molar-refractivity contribution in [2.24, 2.45) is 0 Å². The van der Waals surface area contributed by atoms with E-state index < -0.39 is 0 Å². The summed E-state index contributed by atoms with van der Waals surface area (Å²) >= 11 is 0. The van der Waals surface area contributed by atoms with Gasteiger partial charge in [-0.05, 0) is 13.3 Å². The number of terminal acetylenes is 1. The monoisotopic (exact) mass is 156 g/mol. The molecule has 0 amide bonds. The fourth-order valence-corrected chi connectivity index (χ4v) is 0.677. The van der Waals surface area contributed by atoms with Gasteiger partial charge in [-0.3, -0.25) is 0 Å². The van der Waals surface area contributed by atoms with Gasteiger partial charge in [0.25, 0.3) is 0 Å². The lowest BCUT2D eigenvalue weighted by molar-refractivity contribution is 0.0293. The van der Waals surface area contributed by atoms with Crippen LogP contribution < -0.4 is 0 Å². The number of rotatable bonds is 6. The largest absolute Gasteiger partial charge is 0.379 e. The van der Waals surface area contributed by atoms with E-state index in [1.807, 2.05) is 13.8 Å². The second-order valence-electron chi connectivity index (χ2n) is 2.13. The zero-order valence-corrected chi connectivity index (χ0v) is 7.30. The van der Waals surface area contributed by atoms with Crippen molar-refractivity contribution in [3.63, 3.8) is 0 Å². The van der Waals surface area contributed by atoms with E-state index in [0.717, 1.165) is 13.0 Å². The first-order chi connectivity index (χ1) is 5.35. The summed E-state index contributed by atoms with van der Waals surface area (Å²) in [5, 5.41) is 0. The minimum Gasteiger partial charge on any atom is -0.379 e. The van der Waals surface area contributed by atoms with Crippen LogP contribution in [-0.2, 0) is 9.47 Å². The molecule has 0 saturated carbocycles. The highest BCUT2D eigenvalue weighted by Gasteiger charge is 1.99. The van der Waals surface area contributed by atoms with Gasteiger partial charge in [0.15, 0.2) is 0 Å². The Bertz CT molecular complexity index is 115. The fourth-order valence-electron chi connectivity index (χ4n) is 0.677. The Balaban J connectivity index is 3.16. The molecule has 0 unspecified atom stereocenters. The van der Waals surface area contributed by atoms with Crippen LogP contribution in [-0.4, -0.2) is 25.9 Å². The van der Waals surface area contributed by atoms with Crippen LogP contribution in [0.5, 0.6) is 0 Å². The van der Waals surface area contributed by atoms with Gasteiger partial charge in [0.05, 0.1) is 13.2 Å². The van der Waals surface area contributed by atoms with E-state index in [9.17, 15) is 0 Å². The van der Waals surface area contributed by atoms with Crippen LogP contribution in [0.15, 0.2) is 0 Å². The molecule has 0 saturated heterocycles. The maximum absolute atomic E-state index is 5.28. The lowest BCUT2D eigenvalue weighted by atomic mass is 10.3. The quantitative estimate of drug-likeness (QED) is 0.428. The van der Waals surface area contributed by atoms with Crippen molar-refractivity contribution in [3.05, 3.63) is 0 Å². The van der Waals surface area contributed by atoms with Crippen LogP contribution in [0.4, 0.5) is 0 Å². The maximum Gasteiger partial charge on any atom is 0.117 e. The third-order valence-corrected chi connectivity index (χ3v) is 1.31. The van der Waals surface area contributed by atoms with E-state index in [1.165, 1.54) is 0 Å². The van der Waals surface area contributed by atoms with Gasteiger partial charge in [0.2, 0.25) is 0 Å². The lowest BCUT2D eigenvalue weighted by Gasteiger charge is -2.08. The normalized spacial score (nSPS) is 12.5. The molecule has 0 heterocycles. The molecule has 0 bridgehead atoms. The first kappa shape index (κ1) is 10.5. The molecule has 0 fully saturated rings. The first-order valence-corrected chi connectivity index (χ1v) is 4.00. The molecular formula is C9H16O2. The topological polar surface area (TPSA) is 18.5 Å². The number of hydrogen-bond donors (Lipinski definition) is 0. The van der Waals surface area contributed by atoms with Crippen molar-refractivity contribution in [1.29, 1.82) is 0 Å². The van der Waals surface area contributed by atoms with Gasteiger partial charge in [-0.25, -0.2) is 0 Å². The van der Waals surface area contributed by atoms with E-state index in [2.05, 4.69) is 5.92 Å². The average Bonchev–Trinajstić information content (AvgIpc) is 2.05. The molecule has 0 N–H and O–H groups in total. The Morgan fingerprint density at radius 1 is 1.36 bits per heavy atom. The molecule has 0 spiro atoms. The Morgan fingerprint density at radius 3 is 2.55 bits per heavy atom. The molecule has 64 valence electrons. The summed E-state index contributed by atoms with van der Waals surface area (Å²) in [4.78, 5) is 0. The third-order valence-electron chi connectivity index (χ3n) is 1.31. The van der Waals surface area contributed by atoms with Gasteiger partial charge in [-0.2, -0.15) is 0 Å². The summed E-state index contributed by atoms with van der Waals surface area (Å²) in [7, 11) is 0. The Morgan fingerprint density at radius 2 is 2.09 bits per heavy atom. The zero-order valence-electron chi connectivity index (χ0n) is 7.30. The van der Waals surface area contributed by atoms with Gasteiger partial charge in [0.1, 0.15) is 6.10 Å². The van der Waals surface area contributed by atoms with Crippen LogP contribution in [0.2, 0.25) is 0 Å². The van der Waals surface area contributed by atoms with Crippen LogP contribution in [0.25, 0.3) is 0 Å². The highest BCUT2D eigenvalue weighted by molar-refractivity contribution is 4.93. The van der Waals surface area contributed by atoms with E-state index in [1.54, 1.807) is 0 Å². The Kier molecular flexibility index (Phi) is 7.23. The lowest BCUT2D eigenvalue weighted by Crippen LogP contribution is -2.13. The van der Waals surface area contributed by atoms with Crippen molar-refractivity contribution >= 4 is 0 Å². The van der Waals surface area contributed by atoms with Crippen molar-refractivity contribution in [2.45, 2.75) is 26.4 Å². The molecule has 0 aromatic heterocycles. The predicted molar refractivity (Wildman–Crippen MR) is 45.4 cm³/mol. The second-order valence-corrected chi connectivity index (χ2v) is 2.13. The predicted octanol–water partition coefficient (Wildman–Crippen LogP) is 1.45. The molecule has 2 heteroatoms. The molecule has 0 aliphatic carbocycles. The third kappa shape index (κ3) is 5.90. The van der Waals surface area contributed by atoms with Crippen molar-refractivity contribution < 1.29 is 9.47 Å². The summed E-state index contributed by atoms with van der Waals surface area (Å²) in [6.07, 6.45) is 6.00. The molecule has 11 heavy (non-hydrogen) atoms. The summed E-state index contributed by atoms with van der Waals surface area (Å²) in [6.45, 7) is 5.92. The molecular weight excluding hydrogens is 140 g/mol. The number of hydrogen-bond acceptors (Lipinski definition) is 2. The van der Waals surface area contributed by atoms with Crippen molar-refractivity contribution in [3.8, 4) is 12.3 Å². The summed E-state index contributed by atoms with van der Waals surface area (Å²) in [5.41, 5.74) is 0. The molecule has 0 rings (SSSR count). The SMILES string of the molecule is C#C[C@H](CC)OCCOCC. The molecule has 2 nitrogen and oxygen atoms in total. The minimum absolute atomic E-state index is 0.0459. The molecule has 0 aliphatic rings. The first-order valence-electron chi connectivity index (χ1n) is 4.00. The smallest absolute Gasteiger partial charge is 0.117 e. The minimum atomic E-state index is -0.0459. The van der Waals surface area contributed by atoms with E-state index >= 15 is 0 Å². The Labute approximate surface area is 68.9 Å². The van der Waals surface area contributed by atoms with Crippen molar-refractivity contribution in [1.82, 2.24) is 0 Å². The van der Waals surface area contributed by atoms with Crippen molar-refractivity contribution in [2.75, 3.05) is 19.8 Å². The molecule has 0 aromatic carbocycles. The van der Waals surface area contributed by atoms with Gasteiger partial charge in [-0.1, -0.05) is 12.8 Å². The summed E-state index contributed by atoms with van der Waals surface area (Å²) in [5.74, 6) is 2.55. The van der Waals surface area contributed by atoms with Gasteiger partial charge >= 0.3 is 0 Å². The molecule has 0 aromatic rings. The van der Waals surface area contributed by atoms with Crippen LogP contribution in [0.3, 0.4) is 0 Å². The summed E-state index contributed by atoms with van der Waals surface area (Å²) < 4.78 is 10.4. The van der Waals surface area contributed by atoms with E-state index in [-0.39, 0.29) is 6.10 Å². The highest BCUT2D eigenvalue weighted by atomic mass is 16.5. The molecule has 0 radical (unpaired) electrons. The van der Waals surface area contributed by atoms with Crippen LogP contribution >= 0.6 is 0 Å². The Hall–Kier alpha value is -0.520. The maximum atomic E-state index is 5.28.